The van der Waals surface area contributed by atoms with E-state index >= 15 is 0 Å². The Kier molecular flexibility index (Phi) is 6.02. The van der Waals surface area contributed by atoms with E-state index in [0.717, 1.165) is 0 Å². The molecule has 0 bridgehead atoms. The largest absolute Gasteiger partial charge is 0.378 e. The molecule has 0 unspecified atom stereocenters. The Balaban J connectivity index is 2.53. The summed E-state index contributed by atoms with van der Waals surface area (Å²) in [6, 6.07) is 0. The molecule has 1 heterocycles. The number of ether oxygens (including phenoxy) is 1. The summed E-state index contributed by atoms with van der Waals surface area (Å²) in [5.74, 6) is 0. The first-order valence-electron chi connectivity index (χ1n) is 4.84. The smallest absolute Gasteiger partial charge is 0.228 e. The van der Waals surface area contributed by atoms with Crippen molar-refractivity contribution in [2.24, 2.45) is 0 Å². The summed E-state index contributed by atoms with van der Waals surface area (Å²) in [5, 5.41) is 5.57. The van der Waals surface area contributed by atoms with E-state index in [2.05, 4.69) is 10.6 Å². The van der Waals surface area contributed by atoms with Gasteiger partial charge in [-0.25, -0.2) is 0 Å². The minimum absolute atomic E-state index is 0.416. The third-order valence-electron chi connectivity index (χ3n) is 2.13. The molecule has 1 saturated heterocycles. The van der Waals surface area contributed by atoms with Gasteiger partial charge in [-0.3, -0.25) is 4.79 Å². The van der Waals surface area contributed by atoms with Crippen LogP contribution in [-0.2, 0) is 9.53 Å². The van der Waals surface area contributed by atoms with Crippen molar-refractivity contribution >= 4 is 58.5 Å². The molecule has 0 spiro atoms. The SMILES string of the molecule is O=CN[C@@H](NC(=S)N1CCOCC1)C(Cl)(Cl)Cl. The third kappa shape index (κ3) is 5.01. The van der Waals surface area contributed by atoms with Gasteiger partial charge in [0, 0.05) is 13.1 Å². The summed E-state index contributed by atoms with van der Waals surface area (Å²) in [5.41, 5.74) is 0. The quantitative estimate of drug-likeness (QED) is 0.346. The molecule has 1 aliphatic heterocycles. The Morgan fingerprint density at radius 1 is 1.41 bits per heavy atom. The van der Waals surface area contributed by atoms with Crippen LogP contribution in [0.5, 0.6) is 0 Å². The van der Waals surface area contributed by atoms with Gasteiger partial charge in [-0.15, -0.1) is 0 Å². The van der Waals surface area contributed by atoms with Gasteiger partial charge in [-0.05, 0) is 12.2 Å². The Hall–Kier alpha value is -0.0100. The van der Waals surface area contributed by atoms with Crippen molar-refractivity contribution in [2.75, 3.05) is 26.3 Å². The summed E-state index contributed by atoms with van der Waals surface area (Å²) in [7, 11) is 0. The summed E-state index contributed by atoms with van der Waals surface area (Å²) < 4.78 is 3.51. The third-order valence-corrected chi connectivity index (χ3v) is 3.16. The number of hydrogen-bond acceptors (Lipinski definition) is 3. The first-order chi connectivity index (χ1) is 7.95. The average Bonchev–Trinajstić information content (AvgIpc) is 2.28. The van der Waals surface area contributed by atoms with Crippen LogP contribution in [-0.4, -0.2) is 52.7 Å². The summed E-state index contributed by atoms with van der Waals surface area (Å²) >= 11 is 22.3. The maximum Gasteiger partial charge on any atom is 0.228 e. The first kappa shape index (κ1) is 15.0. The predicted octanol–water partition coefficient (Wildman–Crippen LogP) is 0.635. The maximum absolute atomic E-state index is 10.4. The molecule has 1 atom stereocenters. The van der Waals surface area contributed by atoms with Gasteiger partial charge in [0.25, 0.3) is 0 Å². The lowest BCUT2D eigenvalue weighted by Crippen LogP contribution is -2.57. The van der Waals surface area contributed by atoms with Crippen LogP contribution in [0.15, 0.2) is 0 Å². The summed E-state index contributed by atoms with van der Waals surface area (Å²) in [4.78, 5) is 12.3. The van der Waals surface area contributed by atoms with Gasteiger partial charge < -0.3 is 20.3 Å². The number of rotatable bonds is 3. The Morgan fingerprint density at radius 3 is 2.47 bits per heavy atom. The van der Waals surface area contributed by atoms with Crippen molar-refractivity contribution in [3.63, 3.8) is 0 Å². The average molecular weight is 321 g/mol. The minimum Gasteiger partial charge on any atom is -0.378 e. The lowest BCUT2D eigenvalue weighted by molar-refractivity contribution is -0.110. The molecule has 9 heteroatoms. The van der Waals surface area contributed by atoms with Crippen molar-refractivity contribution in [1.82, 2.24) is 15.5 Å². The second kappa shape index (κ2) is 6.80. The van der Waals surface area contributed by atoms with Crippen LogP contribution in [0.25, 0.3) is 0 Å². The number of alkyl halides is 3. The van der Waals surface area contributed by atoms with Crippen LogP contribution < -0.4 is 10.6 Å². The molecule has 0 saturated carbocycles. The van der Waals surface area contributed by atoms with Gasteiger partial charge >= 0.3 is 0 Å². The zero-order chi connectivity index (χ0) is 12.9. The number of amides is 1. The standard InChI is InChI=1S/C8H12Cl3N3O2S/c9-8(10,11)6(12-5-15)13-7(17)14-1-3-16-4-2-14/h5-6H,1-4H2,(H,12,15)(H,13,17)/t6-/m0/s1. The molecule has 0 aromatic heterocycles. The highest BCUT2D eigenvalue weighted by Crippen LogP contribution is 2.28. The first-order valence-corrected chi connectivity index (χ1v) is 6.39. The minimum atomic E-state index is -1.68. The maximum atomic E-state index is 10.4. The van der Waals surface area contributed by atoms with Crippen molar-refractivity contribution in [2.45, 2.75) is 9.96 Å². The monoisotopic (exact) mass is 319 g/mol. The highest BCUT2D eigenvalue weighted by atomic mass is 35.6. The van der Waals surface area contributed by atoms with Crippen LogP contribution in [0.2, 0.25) is 0 Å². The normalized spacial score (nSPS) is 18.4. The van der Waals surface area contributed by atoms with Crippen molar-refractivity contribution < 1.29 is 9.53 Å². The van der Waals surface area contributed by atoms with E-state index in [1.165, 1.54) is 0 Å². The number of carbonyl (C=O) groups is 1. The Morgan fingerprint density at radius 2 is 2.00 bits per heavy atom. The van der Waals surface area contributed by atoms with Crippen LogP contribution in [0.4, 0.5) is 0 Å². The van der Waals surface area contributed by atoms with Gasteiger partial charge in [0.2, 0.25) is 10.2 Å². The van der Waals surface area contributed by atoms with Crippen molar-refractivity contribution in [3.05, 3.63) is 0 Å². The molecule has 1 fully saturated rings. The fourth-order valence-corrected chi connectivity index (χ4v) is 1.92. The van der Waals surface area contributed by atoms with Gasteiger partial charge in [0.1, 0.15) is 6.17 Å². The van der Waals surface area contributed by atoms with Gasteiger partial charge in [0.05, 0.1) is 13.2 Å². The molecule has 1 aliphatic rings. The molecule has 0 radical (unpaired) electrons. The molecular weight excluding hydrogens is 309 g/mol. The van der Waals surface area contributed by atoms with Crippen molar-refractivity contribution in [1.29, 1.82) is 0 Å². The zero-order valence-electron chi connectivity index (χ0n) is 8.79. The molecular formula is C8H12Cl3N3O2S. The number of hydrogen-bond donors (Lipinski definition) is 2. The molecule has 17 heavy (non-hydrogen) atoms. The summed E-state index contributed by atoms with van der Waals surface area (Å²) in [6.07, 6.45) is -0.429. The molecule has 0 aromatic carbocycles. The van der Waals surface area contributed by atoms with Crippen LogP contribution in [0.3, 0.4) is 0 Å². The molecule has 98 valence electrons. The second-order valence-electron chi connectivity index (χ2n) is 3.31. The van der Waals surface area contributed by atoms with E-state index < -0.39 is 9.96 Å². The highest BCUT2D eigenvalue weighted by molar-refractivity contribution is 7.80. The number of thiocarbonyl (C=S) groups is 1. The Bertz CT molecular complexity index is 282. The van der Waals surface area contributed by atoms with Gasteiger partial charge in [-0.1, -0.05) is 34.8 Å². The highest BCUT2D eigenvalue weighted by Gasteiger charge is 2.33. The van der Waals surface area contributed by atoms with E-state index in [-0.39, 0.29) is 0 Å². The molecule has 1 rings (SSSR count). The van der Waals surface area contributed by atoms with Crippen LogP contribution in [0, 0.1) is 0 Å². The number of morpholine rings is 1. The van der Waals surface area contributed by atoms with E-state index in [4.69, 9.17) is 51.8 Å². The lowest BCUT2D eigenvalue weighted by atomic mass is 10.4. The molecule has 2 N–H and O–H groups in total. The fraction of sp³-hybridized carbons (Fsp3) is 0.750. The molecule has 5 nitrogen and oxygen atoms in total. The number of nitrogens with zero attached hydrogens (tertiary/aromatic N) is 1. The topological polar surface area (TPSA) is 53.6 Å². The summed E-state index contributed by atoms with van der Waals surface area (Å²) in [6.45, 7) is 2.53. The second-order valence-corrected chi connectivity index (χ2v) is 6.06. The number of carbonyl (C=O) groups excluding carboxylic acids is 1. The van der Waals surface area contributed by atoms with Crippen LogP contribution >= 0.6 is 47.0 Å². The number of nitrogens with one attached hydrogen (secondary N) is 2. The van der Waals surface area contributed by atoms with Crippen LogP contribution in [0.1, 0.15) is 0 Å². The Labute approximate surface area is 120 Å². The van der Waals surface area contributed by atoms with E-state index in [1.807, 2.05) is 4.90 Å². The lowest BCUT2D eigenvalue weighted by Gasteiger charge is -2.33. The fourth-order valence-electron chi connectivity index (χ4n) is 1.27. The van der Waals surface area contributed by atoms with E-state index in [1.54, 1.807) is 0 Å². The predicted molar refractivity (Wildman–Crippen MR) is 71.4 cm³/mol. The van der Waals surface area contributed by atoms with E-state index in [9.17, 15) is 4.79 Å². The van der Waals surface area contributed by atoms with E-state index in [0.29, 0.717) is 37.8 Å². The molecule has 0 aliphatic carbocycles. The molecule has 0 aromatic rings. The van der Waals surface area contributed by atoms with Gasteiger partial charge in [-0.2, -0.15) is 0 Å². The number of halogens is 3. The molecule has 1 amide bonds. The zero-order valence-corrected chi connectivity index (χ0v) is 11.9. The van der Waals surface area contributed by atoms with Crippen molar-refractivity contribution in [3.8, 4) is 0 Å². The van der Waals surface area contributed by atoms with Gasteiger partial charge in [0.15, 0.2) is 5.11 Å².